The highest BCUT2D eigenvalue weighted by molar-refractivity contribution is 7.89. The minimum absolute atomic E-state index is 0.0524. The summed E-state index contributed by atoms with van der Waals surface area (Å²) in [5.74, 6) is 1.44. The molecule has 2 aliphatic heterocycles. The molecule has 8 heteroatoms. The Labute approximate surface area is 178 Å². The summed E-state index contributed by atoms with van der Waals surface area (Å²) in [4.78, 5) is 17.2. The highest BCUT2D eigenvalue weighted by atomic mass is 32.2. The van der Waals surface area contributed by atoms with Crippen LogP contribution in [0.2, 0.25) is 0 Å². The van der Waals surface area contributed by atoms with Gasteiger partial charge < -0.3 is 9.32 Å². The third-order valence-electron chi connectivity index (χ3n) is 6.10. The maximum Gasteiger partial charge on any atom is 0.253 e. The van der Waals surface area contributed by atoms with Crippen LogP contribution in [0.4, 0.5) is 0 Å². The second-order valence-corrected chi connectivity index (χ2v) is 10.2. The Balaban J connectivity index is 1.35. The van der Waals surface area contributed by atoms with Gasteiger partial charge in [0.1, 0.15) is 5.76 Å². The summed E-state index contributed by atoms with van der Waals surface area (Å²) in [6.07, 6.45) is 3.45. The lowest BCUT2D eigenvalue weighted by Crippen LogP contribution is -2.48. The molecule has 3 heterocycles. The van der Waals surface area contributed by atoms with Crippen LogP contribution in [0.1, 0.15) is 35.9 Å². The van der Waals surface area contributed by atoms with Gasteiger partial charge in [0.15, 0.2) is 0 Å². The van der Waals surface area contributed by atoms with Crippen LogP contribution >= 0.6 is 0 Å². The molecule has 30 heavy (non-hydrogen) atoms. The van der Waals surface area contributed by atoms with E-state index in [1.54, 1.807) is 34.8 Å². The molecule has 0 saturated carbocycles. The quantitative estimate of drug-likeness (QED) is 0.728. The van der Waals surface area contributed by atoms with Crippen molar-refractivity contribution in [1.29, 1.82) is 0 Å². The monoisotopic (exact) mass is 431 g/mol. The van der Waals surface area contributed by atoms with Crippen LogP contribution in [0.25, 0.3) is 0 Å². The number of piperidine rings is 1. The minimum Gasteiger partial charge on any atom is -0.468 e. The van der Waals surface area contributed by atoms with Gasteiger partial charge in [0.25, 0.3) is 5.91 Å². The number of amides is 1. The van der Waals surface area contributed by atoms with Gasteiger partial charge in [-0.1, -0.05) is 6.92 Å². The molecular formula is C22H29N3O4S. The molecule has 2 saturated heterocycles. The zero-order valence-electron chi connectivity index (χ0n) is 17.4. The first-order valence-electron chi connectivity index (χ1n) is 10.6. The molecule has 1 amide bonds. The van der Waals surface area contributed by atoms with E-state index in [9.17, 15) is 13.2 Å². The highest BCUT2D eigenvalue weighted by Crippen LogP contribution is 2.24. The van der Waals surface area contributed by atoms with Gasteiger partial charge >= 0.3 is 0 Å². The van der Waals surface area contributed by atoms with Crippen molar-refractivity contribution in [2.45, 2.75) is 31.2 Å². The summed E-state index contributed by atoms with van der Waals surface area (Å²) < 4.78 is 32.7. The number of sulfonamides is 1. The molecule has 162 valence electrons. The van der Waals surface area contributed by atoms with Crippen molar-refractivity contribution < 1.29 is 17.6 Å². The van der Waals surface area contributed by atoms with Crippen LogP contribution in [0.15, 0.2) is 52.0 Å². The van der Waals surface area contributed by atoms with E-state index in [0.29, 0.717) is 37.7 Å². The average molecular weight is 432 g/mol. The Hall–Kier alpha value is -2.16. The fourth-order valence-corrected chi connectivity index (χ4v) is 5.53. The number of rotatable bonds is 5. The molecule has 0 unspecified atom stereocenters. The van der Waals surface area contributed by atoms with Gasteiger partial charge in [-0.25, -0.2) is 8.42 Å². The third kappa shape index (κ3) is 4.61. The number of carbonyl (C=O) groups excluding carboxylic acids is 1. The number of hydrogen-bond acceptors (Lipinski definition) is 5. The largest absolute Gasteiger partial charge is 0.468 e. The maximum atomic E-state index is 12.9. The SMILES string of the molecule is CC1CCN(S(=O)(=O)c2ccc(C(=O)N3CCN(Cc4ccco4)CC3)cc2)CC1. The van der Waals surface area contributed by atoms with E-state index in [2.05, 4.69) is 11.8 Å². The van der Waals surface area contributed by atoms with Gasteiger partial charge in [-0.15, -0.1) is 0 Å². The van der Waals surface area contributed by atoms with Crippen molar-refractivity contribution in [2.24, 2.45) is 5.92 Å². The topological polar surface area (TPSA) is 74.1 Å². The number of nitrogens with zero attached hydrogens (tertiary/aromatic N) is 3. The molecule has 2 fully saturated rings. The third-order valence-corrected chi connectivity index (χ3v) is 8.01. The van der Waals surface area contributed by atoms with E-state index in [4.69, 9.17) is 4.42 Å². The van der Waals surface area contributed by atoms with Crippen LogP contribution in [0.3, 0.4) is 0 Å². The summed E-state index contributed by atoms with van der Waals surface area (Å²) in [5.41, 5.74) is 0.528. The van der Waals surface area contributed by atoms with Crippen LogP contribution in [-0.4, -0.2) is 67.7 Å². The zero-order valence-corrected chi connectivity index (χ0v) is 18.2. The Morgan fingerprint density at radius 1 is 1.00 bits per heavy atom. The van der Waals surface area contributed by atoms with Crippen LogP contribution in [-0.2, 0) is 16.6 Å². The van der Waals surface area contributed by atoms with Gasteiger partial charge in [-0.05, 0) is 55.2 Å². The normalized spacial score (nSPS) is 19.8. The summed E-state index contributed by atoms with van der Waals surface area (Å²) in [6, 6.07) is 10.2. The summed E-state index contributed by atoms with van der Waals surface area (Å²) >= 11 is 0. The number of benzene rings is 1. The molecule has 2 aromatic rings. The van der Waals surface area contributed by atoms with E-state index in [0.717, 1.165) is 38.2 Å². The minimum atomic E-state index is -3.49. The van der Waals surface area contributed by atoms with Gasteiger partial charge in [-0.2, -0.15) is 4.31 Å². The molecule has 7 nitrogen and oxygen atoms in total. The van der Waals surface area contributed by atoms with Crippen molar-refractivity contribution in [1.82, 2.24) is 14.1 Å². The van der Waals surface area contributed by atoms with Crippen molar-refractivity contribution in [3.8, 4) is 0 Å². The van der Waals surface area contributed by atoms with E-state index in [-0.39, 0.29) is 10.8 Å². The molecule has 0 spiro atoms. The maximum absolute atomic E-state index is 12.9. The molecule has 1 aromatic heterocycles. The second-order valence-electron chi connectivity index (χ2n) is 8.26. The molecule has 2 aliphatic rings. The lowest BCUT2D eigenvalue weighted by Gasteiger charge is -2.34. The Morgan fingerprint density at radius 3 is 2.27 bits per heavy atom. The molecule has 0 bridgehead atoms. The Kier molecular flexibility index (Phi) is 6.26. The molecule has 0 radical (unpaired) electrons. The standard InChI is InChI=1S/C22H29N3O4S/c1-18-8-10-25(11-9-18)30(27,28)21-6-4-19(5-7-21)22(26)24-14-12-23(13-15-24)17-20-3-2-16-29-20/h2-7,16,18H,8-15,17H2,1H3. The Bertz CT molecular complexity index is 941. The molecule has 0 aliphatic carbocycles. The van der Waals surface area contributed by atoms with E-state index < -0.39 is 10.0 Å². The fraction of sp³-hybridized carbons (Fsp3) is 0.500. The molecule has 4 rings (SSSR count). The smallest absolute Gasteiger partial charge is 0.253 e. The first kappa shape index (κ1) is 21.1. The first-order chi connectivity index (χ1) is 14.4. The van der Waals surface area contributed by atoms with Crippen LogP contribution in [0.5, 0.6) is 0 Å². The zero-order chi connectivity index (χ0) is 21.1. The molecule has 0 atom stereocenters. The predicted molar refractivity (Wildman–Crippen MR) is 113 cm³/mol. The fourth-order valence-electron chi connectivity index (χ4n) is 4.06. The Morgan fingerprint density at radius 2 is 1.67 bits per heavy atom. The van der Waals surface area contributed by atoms with Crippen LogP contribution in [0, 0.1) is 5.92 Å². The average Bonchev–Trinajstić information content (AvgIpc) is 3.27. The van der Waals surface area contributed by atoms with Crippen molar-refractivity contribution in [3.05, 3.63) is 54.0 Å². The van der Waals surface area contributed by atoms with E-state index in [1.165, 1.54) is 0 Å². The lowest BCUT2D eigenvalue weighted by atomic mass is 10.0. The van der Waals surface area contributed by atoms with Crippen LogP contribution < -0.4 is 0 Å². The summed E-state index contributed by atoms with van der Waals surface area (Å²) in [5, 5.41) is 0. The van der Waals surface area contributed by atoms with E-state index >= 15 is 0 Å². The van der Waals surface area contributed by atoms with Gasteiger partial charge in [0.05, 0.1) is 17.7 Å². The number of furan rings is 1. The molecular weight excluding hydrogens is 402 g/mol. The molecule has 0 N–H and O–H groups in total. The van der Waals surface area contributed by atoms with Gasteiger partial charge in [0.2, 0.25) is 10.0 Å². The number of piperazine rings is 1. The first-order valence-corrected chi connectivity index (χ1v) is 12.0. The second kappa shape index (κ2) is 8.91. The predicted octanol–water partition coefficient (Wildman–Crippen LogP) is 2.66. The van der Waals surface area contributed by atoms with Crippen molar-refractivity contribution >= 4 is 15.9 Å². The highest BCUT2D eigenvalue weighted by Gasteiger charge is 2.28. The summed E-state index contributed by atoms with van der Waals surface area (Å²) in [7, 11) is -3.49. The number of carbonyl (C=O) groups is 1. The van der Waals surface area contributed by atoms with Gasteiger partial charge in [-0.3, -0.25) is 9.69 Å². The van der Waals surface area contributed by atoms with Crippen molar-refractivity contribution in [2.75, 3.05) is 39.3 Å². The van der Waals surface area contributed by atoms with E-state index in [1.807, 2.05) is 17.0 Å². The van der Waals surface area contributed by atoms with Gasteiger partial charge in [0, 0.05) is 44.8 Å². The molecule has 1 aromatic carbocycles. The lowest BCUT2D eigenvalue weighted by molar-refractivity contribution is 0.0620. The van der Waals surface area contributed by atoms with Crippen molar-refractivity contribution in [3.63, 3.8) is 0 Å². The summed E-state index contributed by atoms with van der Waals surface area (Å²) in [6.45, 7) is 6.88. The number of hydrogen-bond donors (Lipinski definition) is 0.